The van der Waals surface area contributed by atoms with Gasteiger partial charge in [0.05, 0.1) is 19.6 Å². The molecule has 1 aromatic heterocycles. The van der Waals surface area contributed by atoms with Crippen LogP contribution >= 0.6 is 0 Å². The molecule has 136 valence electrons. The number of urea groups is 1. The van der Waals surface area contributed by atoms with Gasteiger partial charge in [0.2, 0.25) is 0 Å². The third-order valence-corrected chi connectivity index (χ3v) is 5.07. The Morgan fingerprint density at radius 1 is 1.16 bits per heavy atom. The zero-order valence-electron chi connectivity index (χ0n) is 15.0. The van der Waals surface area contributed by atoms with E-state index in [0.29, 0.717) is 6.54 Å². The number of unbranched alkanes of at least 4 members (excludes halogenated alkanes) is 1. The Kier molecular flexibility index (Phi) is 5.01. The largest absolute Gasteiger partial charge is 0.328 e. The second-order valence-corrected chi connectivity index (χ2v) is 7.33. The average Bonchev–Trinajstić information content (AvgIpc) is 2.81. The summed E-state index contributed by atoms with van der Waals surface area (Å²) in [6.07, 6.45) is 5.28. The van der Waals surface area contributed by atoms with Gasteiger partial charge in [0.1, 0.15) is 5.54 Å². The number of aromatic nitrogens is 2. The lowest BCUT2D eigenvalue weighted by atomic mass is 10.1. The normalized spacial score (nSPS) is 22.1. The molecule has 2 fully saturated rings. The molecule has 0 spiro atoms. The molecule has 0 bridgehead atoms. The Bertz CT molecular complexity index is 627. The van der Waals surface area contributed by atoms with Crippen molar-refractivity contribution in [1.29, 1.82) is 0 Å². The summed E-state index contributed by atoms with van der Waals surface area (Å²) in [4.78, 5) is 34.5. The van der Waals surface area contributed by atoms with Crippen LogP contribution in [0.1, 0.15) is 26.7 Å². The van der Waals surface area contributed by atoms with Gasteiger partial charge in [0, 0.05) is 32.0 Å². The van der Waals surface area contributed by atoms with Crippen LogP contribution in [-0.2, 0) is 4.79 Å². The first-order valence-electron chi connectivity index (χ1n) is 8.93. The van der Waals surface area contributed by atoms with Gasteiger partial charge in [-0.25, -0.2) is 4.79 Å². The standard InChI is InChI=1S/C17H26N6O2/c1-17(2)14(24)22(16(25)21-17)10-3-4-11-23(12-8-18-9-13-23)15-19-6-5-7-20-15/h5-7,18H,3-4,8-13H2,1-2H3/p+1. The summed E-state index contributed by atoms with van der Waals surface area (Å²) in [7, 11) is 0. The molecule has 3 amide bonds. The van der Waals surface area contributed by atoms with Gasteiger partial charge in [-0.1, -0.05) is 0 Å². The highest BCUT2D eigenvalue weighted by Crippen LogP contribution is 2.21. The van der Waals surface area contributed by atoms with Crippen molar-refractivity contribution in [2.24, 2.45) is 0 Å². The monoisotopic (exact) mass is 347 g/mol. The quantitative estimate of drug-likeness (QED) is 0.444. The van der Waals surface area contributed by atoms with Crippen molar-refractivity contribution < 1.29 is 9.59 Å². The Balaban J connectivity index is 1.58. The molecule has 0 saturated carbocycles. The summed E-state index contributed by atoms with van der Waals surface area (Å²) in [5.41, 5.74) is -0.790. The molecule has 25 heavy (non-hydrogen) atoms. The van der Waals surface area contributed by atoms with E-state index >= 15 is 0 Å². The molecular weight excluding hydrogens is 320 g/mol. The molecule has 3 heterocycles. The van der Waals surface area contributed by atoms with Gasteiger partial charge in [-0.2, -0.15) is 9.97 Å². The molecule has 2 N–H and O–H groups in total. The van der Waals surface area contributed by atoms with E-state index in [0.717, 1.165) is 56.0 Å². The van der Waals surface area contributed by atoms with Crippen LogP contribution in [0.3, 0.4) is 0 Å². The van der Waals surface area contributed by atoms with E-state index in [1.54, 1.807) is 26.2 Å². The SMILES string of the molecule is CC1(C)NC(=O)N(CCCC[N+]2(c3ncccn3)CCNCC2)C1=O. The summed E-state index contributed by atoms with van der Waals surface area (Å²) in [6.45, 7) is 8.65. The predicted octanol–water partition coefficient (Wildman–Crippen LogP) is 0.498. The lowest BCUT2D eigenvalue weighted by molar-refractivity contribution is -0.130. The van der Waals surface area contributed by atoms with E-state index in [2.05, 4.69) is 20.6 Å². The van der Waals surface area contributed by atoms with Crippen LogP contribution in [-0.4, -0.2) is 71.6 Å². The molecule has 0 aromatic carbocycles. The minimum Gasteiger partial charge on any atom is -0.324 e. The maximum Gasteiger partial charge on any atom is 0.328 e. The zero-order valence-corrected chi connectivity index (χ0v) is 15.0. The fourth-order valence-corrected chi connectivity index (χ4v) is 3.59. The molecule has 8 heteroatoms. The Morgan fingerprint density at radius 2 is 1.84 bits per heavy atom. The molecule has 0 radical (unpaired) electrons. The highest BCUT2D eigenvalue weighted by Gasteiger charge is 2.44. The van der Waals surface area contributed by atoms with Crippen LogP contribution in [0, 0.1) is 0 Å². The Hall–Kier alpha value is -2.06. The highest BCUT2D eigenvalue weighted by atomic mass is 16.2. The van der Waals surface area contributed by atoms with E-state index in [1.807, 2.05) is 6.07 Å². The molecule has 2 saturated heterocycles. The summed E-state index contributed by atoms with van der Waals surface area (Å²) in [5, 5.41) is 6.11. The molecule has 0 aliphatic carbocycles. The van der Waals surface area contributed by atoms with Crippen LogP contribution in [0.2, 0.25) is 0 Å². The van der Waals surface area contributed by atoms with E-state index in [4.69, 9.17) is 0 Å². The van der Waals surface area contributed by atoms with Crippen molar-refractivity contribution in [3.05, 3.63) is 18.5 Å². The van der Waals surface area contributed by atoms with Crippen molar-refractivity contribution in [3.63, 3.8) is 0 Å². The number of piperazine rings is 1. The molecular formula is C17H27N6O2+. The van der Waals surface area contributed by atoms with E-state index in [-0.39, 0.29) is 11.9 Å². The van der Waals surface area contributed by atoms with E-state index in [1.165, 1.54) is 4.90 Å². The number of rotatable bonds is 6. The van der Waals surface area contributed by atoms with Gasteiger partial charge in [-0.3, -0.25) is 14.2 Å². The number of carbonyl (C=O) groups is 2. The summed E-state index contributed by atoms with van der Waals surface area (Å²) >= 11 is 0. The number of quaternary nitrogens is 1. The number of hydrogen-bond donors (Lipinski definition) is 2. The molecule has 8 nitrogen and oxygen atoms in total. The number of hydrogen-bond acceptors (Lipinski definition) is 5. The predicted molar refractivity (Wildman–Crippen MR) is 94.9 cm³/mol. The fraction of sp³-hybridized carbons (Fsp3) is 0.647. The van der Waals surface area contributed by atoms with Crippen LogP contribution < -0.4 is 15.1 Å². The Labute approximate surface area is 148 Å². The molecule has 2 aliphatic rings. The number of imide groups is 1. The van der Waals surface area contributed by atoms with Gasteiger partial charge in [-0.05, 0) is 32.8 Å². The topological polar surface area (TPSA) is 87.2 Å². The van der Waals surface area contributed by atoms with Crippen LogP contribution in [0.4, 0.5) is 10.7 Å². The minimum atomic E-state index is -0.790. The summed E-state index contributed by atoms with van der Waals surface area (Å²) in [5.74, 6) is 0.718. The van der Waals surface area contributed by atoms with E-state index < -0.39 is 5.54 Å². The first-order valence-corrected chi connectivity index (χ1v) is 8.93. The lowest BCUT2D eigenvalue weighted by Crippen LogP contribution is -2.61. The average molecular weight is 347 g/mol. The van der Waals surface area contributed by atoms with Gasteiger partial charge < -0.3 is 10.6 Å². The first kappa shape index (κ1) is 17.8. The van der Waals surface area contributed by atoms with Crippen molar-refractivity contribution in [1.82, 2.24) is 30.0 Å². The Morgan fingerprint density at radius 3 is 2.44 bits per heavy atom. The second kappa shape index (κ2) is 7.05. The molecule has 1 aromatic rings. The van der Waals surface area contributed by atoms with E-state index in [9.17, 15) is 9.59 Å². The minimum absolute atomic E-state index is 0.144. The van der Waals surface area contributed by atoms with Crippen molar-refractivity contribution in [2.75, 3.05) is 39.3 Å². The number of amides is 3. The number of nitrogens with zero attached hydrogens (tertiary/aromatic N) is 4. The molecule has 0 atom stereocenters. The van der Waals surface area contributed by atoms with Crippen molar-refractivity contribution in [3.8, 4) is 0 Å². The maximum absolute atomic E-state index is 12.2. The second-order valence-electron chi connectivity index (χ2n) is 7.33. The summed E-state index contributed by atoms with van der Waals surface area (Å²) in [6, 6.07) is 1.55. The van der Waals surface area contributed by atoms with Gasteiger partial charge in [0.25, 0.3) is 5.91 Å². The molecule has 3 rings (SSSR count). The van der Waals surface area contributed by atoms with Crippen molar-refractivity contribution >= 4 is 17.9 Å². The molecule has 2 aliphatic heterocycles. The third-order valence-electron chi connectivity index (χ3n) is 5.07. The zero-order chi connectivity index (χ0) is 17.9. The maximum atomic E-state index is 12.2. The smallest absolute Gasteiger partial charge is 0.324 e. The van der Waals surface area contributed by atoms with Gasteiger partial charge in [-0.15, -0.1) is 0 Å². The fourth-order valence-electron chi connectivity index (χ4n) is 3.59. The van der Waals surface area contributed by atoms with Crippen molar-refractivity contribution in [2.45, 2.75) is 32.2 Å². The number of carbonyl (C=O) groups excluding carboxylic acids is 2. The summed E-state index contributed by atoms with van der Waals surface area (Å²) < 4.78 is 0.763. The lowest BCUT2D eigenvalue weighted by Gasteiger charge is -2.39. The van der Waals surface area contributed by atoms with Crippen LogP contribution in [0.15, 0.2) is 18.5 Å². The third kappa shape index (κ3) is 3.64. The first-order chi connectivity index (χ1) is 11.9. The molecule has 0 unspecified atom stereocenters. The van der Waals surface area contributed by atoms with Gasteiger partial charge >= 0.3 is 12.0 Å². The number of nitrogens with one attached hydrogen (secondary N) is 2. The van der Waals surface area contributed by atoms with Crippen LogP contribution in [0.5, 0.6) is 0 Å². The van der Waals surface area contributed by atoms with Crippen LogP contribution in [0.25, 0.3) is 0 Å². The highest BCUT2D eigenvalue weighted by molar-refractivity contribution is 6.06. The van der Waals surface area contributed by atoms with Gasteiger partial charge in [0.15, 0.2) is 0 Å².